The summed E-state index contributed by atoms with van der Waals surface area (Å²) in [7, 11) is 0. The number of carbonyl (C=O) groups is 1. The number of rotatable bonds is 4. The zero-order valence-electron chi connectivity index (χ0n) is 17.9. The fraction of sp³-hybridized carbons (Fsp3) is 0.696. The van der Waals surface area contributed by atoms with Gasteiger partial charge in [0.1, 0.15) is 5.75 Å². The molecule has 4 saturated carbocycles. The van der Waals surface area contributed by atoms with Crippen LogP contribution in [-0.4, -0.2) is 51.0 Å². The molecule has 6 rings (SSSR count). The van der Waals surface area contributed by atoms with E-state index in [0.29, 0.717) is 29.9 Å². The minimum Gasteiger partial charge on any atom is -0.406 e. The summed E-state index contributed by atoms with van der Waals surface area (Å²) in [5.74, 6) is 0.955. The SMILES string of the molecule is CC1(C)CN(C2C3CC4CC2CC(O)(C4)C3)C(=O)N1Cc1cccc(OC(F)(F)F)c1. The van der Waals surface area contributed by atoms with Crippen LogP contribution in [0.1, 0.15) is 51.5 Å². The molecule has 5 aliphatic rings. The average molecular weight is 438 g/mol. The summed E-state index contributed by atoms with van der Waals surface area (Å²) < 4.78 is 41.8. The topological polar surface area (TPSA) is 53.0 Å². The van der Waals surface area contributed by atoms with E-state index in [-0.39, 0.29) is 24.4 Å². The number of hydrogen-bond donors (Lipinski definition) is 1. The van der Waals surface area contributed by atoms with Crippen LogP contribution in [0, 0.1) is 17.8 Å². The standard InChI is InChI=1S/C23H29F3N2O3/c1-21(2)13-27(19-16-6-15-7-17(19)11-22(30,9-15)10-16)20(29)28(21)12-14-4-3-5-18(8-14)31-23(24,25)26/h3-5,8,15-17,19,30H,6-7,9-13H2,1-2H3. The number of urea groups is 1. The molecule has 4 bridgehead atoms. The molecule has 8 heteroatoms. The number of alkyl halides is 3. The van der Waals surface area contributed by atoms with E-state index in [1.807, 2.05) is 18.7 Å². The van der Waals surface area contributed by atoms with Gasteiger partial charge in [0.15, 0.2) is 0 Å². The van der Waals surface area contributed by atoms with Crippen LogP contribution in [0.2, 0.25) is 0 Å². The summed E-state index contributed by atoms with van der Waals surface area (Å²) in [5, 5.41) is 10.9. The third-order valence-corrected chi connectivity index (χ3v) is 7.79. The van der Waals surface area contributed by atoms with E-state index in [1.54, 1.807) is 11.0 Å². The number of benzene rings is 1. The summed E-state index contributed by atoms with van der Waals surface area (Å²) in [4.78, 5) is 17.3. The van der Waals surface area contributed by atoms with Gasteiger partial charge in [-0.1, -0.05) is 12.1 Å². The maximum atomic E-state index is 13.5. The van der Waals surface area contributed by atoms with E-state index >= 15 is 0 Å². The molecule has 4 aliphatic carbocycles. The van der Waals surface area contributed by atoms with Gasteiger partial charge < -0.3 is 19.6 Å². The molecular formula is C23H29F3N2O3. The molecule has 1 aliphatic heterocycles. The quantitative estimate of drug-likeness (QED) is 0.751. The normalized spacial score (nSPS) is 36.4. The highest BCUT2D eigenvalue weighted by Crippen LogP contribution is 2.57. The number of aliphatic hydroxyl groups is 1. The highest BCUT2D eigenvalue weighted by molar-refractivity contribution is 5.78. The molecule has 1 heterocycles. The number of carbonyl (C=O) groups excluding carboxylic acids is 1. The summed E-state index contributed by atoms with van der Waals surface area (Å²) in [5.41, 5.74) is -0.391. The fourth-order valence-corrected chi connectivity index (χ4v) is 6.99. The van der Waals surface area contributed by atoms with E-state index in [0.717, 1.165) is 32.1 Å². The Labute approximate surface area is 180 Å². The first-order valence-electron chi connectivity index (χ1n) is 11.1. The molecule has 5 nitrogen and oxygen atoms in total. The Balaban J connectivity index is 1.35. The average Bonchev–Trinajstić information content (AvgIpc) is 2.82. The number of amides is 2. The lowest BCUT2D eigenvalue weighted by Gasteiger charge is -2.59. The van der Waals surface area contributed by atoms with E-state index in [2.05, 4.69) is 4.74 Å². The zero-order chi connectivity index (χ0) is 22.2. The molecule has 0 spiro atoms. The minimum absolute atomic E-state index is 0.0587. The summed E-state index contributed by atoms with van der Waals surface area (Å²) >= 11 is 0. The van der Waals surface area contributed by atoms with Crippen molar-refractivity contribution in [1.82, 2.24) is 9.80 Å². The molecular weight excluding hydrogens is 409 g/mol. The van der Waals surface area contributed by atoms with Gasteiger partial charge in [0.2, 0.25) is 0 Å². The minimum atomic E-state index is -4.75. The van der Waals surface area contributed by atoms with Gasteiger partial charge in [-0.05, 0) is 81.4 Å². The van der Waals surface area contributed by atoms with Gasteiger partial charge in [-0.15, -0.1) is 13.2 Å². The van der Waals surface area contributed by atoms with Crippen LogP contribution >= 0.6 is 0 Å². The van der Waals surface area contributed by atoms with Gasteiger partial charge in [0.05, 0.1) is 11.1 Å². The Kier molecular flexibility index (Phi) is 4.57. The third kappa shape index (κ3) is 3.77. The summed E-state index contributed by atoms with van der Waals surface area (Å²) in [6.07, 6.45) is -0.164. The summed E-state index contributed by atoms with van der Waals surface area (Å²) in [6.45, 7) is 4.83. The maximum Gasteiger partial charge on any atom is 0.573 e. The van der Waals surface area contributed by atoms with E-state index in [1.165, 1.54) is 18.2 Å². The molecule has 1 aromatic rings. The predicted molar refractivity (Wildman–Crippen MR) is 107 cm³/mol. The maximum absolute atomic E-state index is 13.5. The smallest absolute Gasteiger partial charge is 0.406 e. The molecule has 170 valence electrons. The predicted octanol–water partition coefficient (Wildman–Crippen LogP) is 4.54. The van der Waals surface area contributed by atoms with Gasteiger partial charge in [-0.2, -0.15) is 0 Å². The third-order valence-electron chi connectivity index (χ3n) is 7.79. The highest BCUT2D eigenvalue weighted by atomic mass is 19.4. The molecule has 2 amide bonds. The van der Waals surface area contributed by atoms with Crippen LogP contribution in [0.15, 0.2) is 24.3 Å². The van der Waals surface area contributed by atoms with Gasteiger partial charge >= 0.3 is 12.4 Å². The Bertz CT molecular complexity index is 871. The van der Waals surface area contributed by atoms with E-state index < -0.39 is 17.5 Å². The van der Waals surface area contributed by atoms with Gasteiger partial charge in [-0.3, -0.25) is 0 Å². The number of halogens is 3. The van der Waals surface area contributed by atoms with Crippen LogP contribution in [0.5, 0.6) is 5.75 Å². The van der Waals surface area contributed by atoms with Crippen molar-refractivity contribution in [3.05, 3.63) is 29.8 Å². The Hall–Kier alpha value is -1.96. The van der Waals surface area contributed by atoms with Crippen LogP contribution in [0.3, 0.4) is 0 Å². The van der Waals surface area contributed by atoms with Crippen molar-refractivity contribution < 1.29 is 27.8 Å². The van der Waals surface area contributed by atoms with Crippen molar-refractivity contribution in [3.63, 3.8) is 0 Å². The molecule has 2 atom stereocenters. The second-order valence-electron chi connectivity index (χ2n) is 10.7. The molecule has 5 fully saturated rings. The van der Waals surface area contributed by atoms with Gasteiger partial charge in [0, 0.05) is 19.1 Å². The highest BCUT2D eigenvalue weighted by Gasteiger charge is 2.59. The second-order valence-corrected chi connectivity index (χ2v) is 10.7. The van der Waals surface area contributed by atoms with Gasteiger partial charge in [0.25, 0.3) is 0 Å². The van der Waals surface area contributed by atoms with Crippen LogP contribution in [0.25, 0.3) is 0 Å². The lowest BCUT2D eigenvalue weighted by Crippen LogP contribution is -2.62. The van der Waals surface area contributed by atoms with Crippen molar-refractivity contribution in [2.24, 2.45) is 17.8 Å². The number of nitrogens with zero attached hydrogens (tertiary/aromatic N) is 2. The molecule has 31 heavy (non-hydrogen) atoms. The molecule has 2 unspecified atom stereocenters. The fourth-order valence-electron chi connectivity index (χ4n) is 6.99. The summed E-state index contributed by atoms with van der Waals surface area (Å²) in [6, 6.07) is 5.93. The van der Waals surface area contributed by atoms with Crippen molar-refractivity contribution in [1.29, 1.82) is 0 Å². The van der Waals surface area contributed by atoms with E-state index in [4.69, 9.17) is 0 Å². The lowest BCUT2D eigenvalue weighted by molar-refractivity contribution is -0.274. The first kappa shape index (κ1) is 20.9. The molecule has 1 aromatic carbocycles. The van der Waals surface area contributed by atoms with Gasteiger partial charge in [-0.25, -0.2) is 4.79 Å². The molecule has 1 N–H and O–H groups in total. The second kappa shape index (κ2) is 6.77. The van der Waals surface area contributed by atoms with Crippen molar-refractivity contribution in [2.75, 3.05) is 6.54 Å². The Morgan fingerprint density at radius 3 is 2.45 bits per heavy atom. The first-order valence-corrected chi connectivity index (χ1v) is 11.1. The number of ether oxygens (including phenoxy) is 1. The Morgan fingerprint density at radius 2 is 1.84 bits per heavy atom. The lowest BCUT2D eigenvalue weighted by atomic mass is 9.52. The van der Waals surface area contributed by atoms with Crippen molar-refractivity contribution >= 4 is 6.03 Å². The molecule has 1 saturated heterocycles. The Morgan fingerprint density at radius 1 is 1.16 bits per heavy atom. The van der Waals surface area contributed by atoms with E-state index in [9.17, 15) is 23.1 Å². The van der Waals surface area contributed by atoms with Crippen LogP contribution in [0.4, 0.5) is 18.0 Å². The number of hydrogen-bond acceptors (Lipinski definition) is 3. The van der Waals surface area contributed by atoms with Crippen molar-refractivity contribution in [3.8, 4) is 5.75 Å². The molecule has 0 aromatic heterocycles. The van der Waals surface area contributed by atoms with Crippen molar-refractivity contribution in [2.45, 2.75) is 76.0 Å². The molecule has 0 radical (unpaired) electrons. The zero-order valence-corrected chi connectivity index (χ0v) is 17.9. The monoisotopic (exact) mass is 438 g/mol. The largest absolute Gasteiger partial charge is 0.573 e. The first-order chi connectivity index (χ1) is 14.4. The van der Waals surface area contributed by atoms with Crippen LogP contribution in [-0.2, 0) is 6.54 Å². The van der Waals surface area contributed by atoms with Crippen LogP contribution < -0.4 is 4.74 Å².